The Hall–Kier alpha value is -0.0800. The van der Waals surface area contributed by atoms with Crippen LogP contribution in [0, 0.1) is 0 Å². The van der Waals surface area contributed by atoms with Crippen molar-refractivity contribution in [3.05, 3.63) is 0 Å². The molecule has 0 saturated heterocycles. The Morgan fingerprint density at radius 1 is 1.36 bits per heavy atom. The SMILES string of the molecule is CCCOCCCC(C)NC. The van der Waals surface area contributed by atoms with Gasteiger partial charge in [-0.2, -0.15) is 0 Å². The van der Waals surface area contributed by atoms with E-state index in [0.717, 1.165) is 19.6 Å². The van der Waals surface area contributed by atoms with Crippen molar-refractivity contribution in [1.29, 1.82) is 0 Å². The first-order chi connectivity index (χ1) is 5.31. The third-order valence-electron chi connectivity index (χ3n) is 1.77. The van der Waals surface area contributed by atoms with E-state index in [1.165, 1.54) is 12.8 Å². The summed E-state index contributed by atoms with van der Waals surface area (Å²) in [4.78, 5) is 0. The van der Waals surface area contributed by atoms with Crippen LogP contribution in [0.25, 0.3) is 0 Å². The van der Waals surface area contributed by atoms with Crippen LogP contribution < -0.4 is 5.32 Å². The van der Waals surface area contributed by atoms with Gasteiger partial charge in [0, 0.05) is 19.3 Å². The zero-order valence-electron chi connectivity index (χ0n) is 8.02. The molecular formula is C9H21NO. The minimum atomic E-state index is 0.625. The third-order valence-corrected chi connectivity index (χ3v) is 1.77. The van der Waals surface area contributed by atoms with E-state index in [-0.39, 0.29) is 0 Å². The highest BCUT2D eigenvalue weighted by atomic mass is 16.5. The summed E-state index contributed by atoms with van der Waals surface area (Å²) in [5.41, 5.74) is 0. The van der Waals surface area contributed by atoms with E-state index >= 15 is 0 Å². The van der Waals surface area contributed by atoms with Crippen LogP contribution >= 0.6 is 0 Å². The minimum absolute atomic E-state index is 0.625. The lowest BCUT2D eigenvalue weighted by molar-refractivity contribution is 0.129. The lowest BCUT2D eigenvalue weighted by atomic mass is 10.2. The van der Waals surface area contributed by atoms with Crippen LogP contribution in [0.2, 0.25) is 0 Å². The first-order valence-electron chi connectivity index (χ1n) is 4.56. The molecule has 1 unspecified atom stereocenters. The molecule has 0 aromatic rings. The molecule has 0 fully saturated rings. The van der Waals surface area contributed by atoms with Gasteiger partial charge in [-0.05, 0) is 33.2 Å². The molecule has 0 saturated carbocycles. The second-order valence-corrected chi connectivity index (χ2v) is 2.94. The van der Waals surface area contributed by atoms with E-state index in [1.54, 1.807) is 0 Å². The number of hydrogen-bond acceptors (Lipinski definition) is 2. The molecule has 68 valence electrons. The fourth-order valence-corrected chi connectivity index (χ4v) is 0.882. The summed E-state index contributed by atoms with van der Waals surface area (Å²) in [5.74, 6) is 0. The normalized spacial score (nSPS) is 13.4. The van der Waals surface area contributed by atoms with Crippen LogP contribution in [0.15, 0.2) is 0 Å². The van der Waals surface area contributed by atoms with E-state index in [1.807, 2.05) is 7.05 Å². The molecule has 2 nitrogen and oxygen atoms in total. The molecule has 0 heterocycles. The van der Waals surface area contributed by atoms with E-state index in [2.05, 4.69) is 19.2 Å². The molecule has 0 aromatic heterocycles. The summed E-state index contributed by atoms with van der Waals surface area (Å²) in [6.07, 6.45) is 3.50. The first kappa shape index (κ1) is 10.9. The van der Waals surface area contributed by atoms with Crippen LogP contribution in [-0.4, -0.2) is 26.3 Å². The number of rotatable bonds is 7. The molecule has 1 N–H and O–H groups in total. The molecule has 0 radical (unpaired) electrons. The standard InChI is InChI=1S/C9H21NO/c1-4-7-11-8-5-6-9(2)10-3/h9-10H,4-8H2,1-3H3. The van der Waals surface area contributed by atoms with Gasteiger partial charge in [0.25, 0.3) is 0 Å². The Morgan fingerprint density at radius 2 is 2.09 bits per heavy atom. The molecule has 2 heteroatoms. The van der Waals surface area contributed by atoms with Gasteiger partial charge in [0.1, 0.15) is 0 Å². The Bertz CT molecular complexity index is 76.0. The molecule has 0 rings (SSSR count). The van der Waals surface area contributed by atoms with Crippen LogP contribution in [0.3, 0.4) is 0 Å². The molecule has 0 bridgehead atoms. The average molecular weight is 159 g/mol. The lowest BCUT2D eigenvalue weighted by Gasteiger charge is -2.09. The van der Waals surface area contributed by atoms with Gasteiger partial charge in [0.05, 0.1) is 0 Å². The topological polar surface area (TPSA) is 21.3 Å². The second-order valence-electron chi connectivity index (χ2n) is 2.94. The average Bonchev–Trinajstić information content (AvgIpc) is 2.04. The third kappa shape index (κ3) is 7.82. The summed E-state index contributed by atoms with van der Waals surface area (Å²) in [6, 6.07) is 0.625. The summed E-state index contributed by atoms with van der Waals surface area (Å²) < 4.78 is 5.35. The largest absolute Gasteiger partial charge is 0.381 e. The van der Waals surface area contributed by atoms with E-state index < -0.39 is 0 Å². The summed E-state index contributed by atoms with van der Waals surface area (Å²) in [7, 11) is 2.00. The van der Waals surface area contributed by atoms with Gasteiger partial charge in [-0.15, -0.1) is 0 Å². The van der Waals surface area contributed by atoms with Gasteiger partial charge in [-0.25, -0.2) is 0 Å². The molecule has 0 aliphatic carbocycles. The van der Waals surface area contributed by atoms with Gasteiger partial charge < -0.3 is 10.1 Å². The van der Waals surface area contributed by atoms with E-state index in [4.69, 9.17) is 4.74 Å². The Labute approximate surface area is 70.3 Å². The van der Waals surface area contributed by atoms with Gasteiger partial charge in [-0.3, -0.25) is 0 Å². The predicted molar refractivity (Wildman–Crippen MR) is 48.9 cm³/mol. The van der Waals surface area contributed by atoms with Crippen LogP contribution in [0.4, 0.5) is 0 Å². The van der Waals surface area contributed by atoms with Crippen molar-refractivity contribution in [3.63, 3.8) is 0 Å². The van der Waals surface area contributed by atoms with Crippen molar-refractivity contribution < 1.29 is 4.74 Å². The molecule has 0 spiro atoms. The van der Waals surface area contributed by atoms with E-state index in [0.29, 0.717) is 6.04 Å². The molecule has 0 aromatic carbocycles. The highest BCUT2D eigenvalue weighted by Gasteiger charge is 1.96. The van der Waals surface area contributed by atoms with Crippen molar-refractivity contribution in [2.24, 2.45) is 0 Å². The lowest BCUT2D eigenvalue weighted by Crippen LogP contribution is -2.21. The number of nitrogens with one attached hydrogen (secondary N) is 1. The van der Waals surface area contributed by atoms with Crippen LogP contribution in [0.5, 0.6) is 0 Å². The van der Waals surface area contributed by atoms with Gasteiger partial charge in [-0.1, -0.05) is 6.92 Å². The fraction of sp³-hybridized carbons (Fsp3) is 1.00. The summed E-state index contributed by atoms with van der Waals surface area (Å²) in [6.45, 7) is 6.16. The van der Waals surface area contributed by atoms with Gasteiger partial charge >= 0.3 is 0 Å². The zero-order chi connectivity index (χ0) is 8.53. The maximum absolute atomic E-state index is 5.35. The smallest absolute Gasteiger partial charge is 0.0466 e. The van der Waals surface area contributed by atoms with Crippen LogP contribution in [-0.2, 0) is 4.74 Å². The Kier molecular flexibility index (Phi) is 7.96. The van der Waals surface area contributed by atoms with Crippen molar-refractivity contribution in [1.82, 2.24) is 5.32 Å². The summed E-state index contributed by atoms with van der Waals surface area (Å²) in [5, 5.41) is 3.20. The quantitative estimate of drug-likeness (QED) is 0.572. The minimum Gasteiger partial charge on any atom is -0.381 e. The fourth-order valence-electron chi connectivity index (χ4n) is 0.882. The first-order valence-corrected chi connectivity index (χ1v) is 4.56. The maximum atomic E-state index is 5.35. The van der Waals surface area contributed by atoms with Gasteiger partial charge in [0.15, 0.2) is 0 Å². The molecule has 0 aliphatic rings. The molecule has 11 heavy (non-hydrogen) atoms. The molecule has 1 atom stereocenters. The number of hydrogen-bond donors (Lipinski definition) is 1. The molecular weight excluding hydrogens is 138 g/mol. The molecule has 0 aliphatic heterocycles. The maximum Gasteiger partial charge on any atom is 0.0466 e. The molecule has 0 amide bonds. The Balaban J connectivity index is 2.89. The highest BCUT2D eigenvalue weighted by Crippen LogP contribution is 1.95. The van der Waals surface area contributed by atoms with Gasteiger partial charge in [0.2, 0.25) is 0 Å². The van der Waals surface area contributed by atoms with Crippen molar-refractivity contribution in [3.8, 4) is 0 Å². The number of ether oxygens (including phenoxy) is 1. The monoisotopic (exact) mass is 159 g/mol. The predicted octanol–water partition coefficient (Wildman–Crippen LogP) is 1.80. The van der Waals surface area contributed by atoms with Crippen molar-refractivity contribution in [2.75, 3.05) is 20.3 Å². The van der Waals surface area contributed by atoms with Crippen molar-refractivity contribution in [2.45, 2.75) is 39.2 Å². The van der Waals surface area contributed by atoms with Crippen LogP contribution in [0.1, 0.15) is 33.1 Å². The second kappa shape index (κ2) is 8.02. The zero-order valence-corrected chi connectivity index (χ0v) is 8.02. The van der Waals surface area contributed by atoms with Crippen molar-refractivity contribution >= 4 is 0 Å². The van der Waals surface area contributed by atoms with E-state index in [9.17, 15) is 0 Å². The Morgan fingerprint density at radius 3 is 2.64 bits per heavy atom. The summed E-state index contributed by atoms with van der Waals surface area (Å²) >= 11 is 0. The highest BCUT2D eigenvalue weighted by molar-refractivity contribution is 4.55.